The van der Waals surface area contributed by atoms with Gasteiger partial charge in [0.25, 0.3) is 0 Å². The van der Waals surface area contributed by atoms with Crippen LogP contribution in [0.2, 0.25) is 0 Å². The van der Waals surface area contributed by atoms with Gasteiger partial charge in [-0.15, -0.1) is 0 Å². The summed E-state index contributed by atoms with van der Waals surface area (Å²) in [6.07, 6.45) is 2.61. The van der Waals surface area contributed by atoms with Crippen LogP contribution in [-0.2, 0) is 26.0 Å². The molecule has 0 unspecified atom stereocenters. The highest BCUT2D eigenvalue weighted by atomic mass is 32.2. The largest absolute Gasteiger partial charge is 0.379 e. The number of nitrogens with zero attached hydrogens (tertiary/aromatic N) is 1. The van der Waals surface area contributed by atoms with Gasteiger partial charge in [0.15, 0.2) is 0 Å². The predicted molar refractivity (Wildman–Crippen MR) is 99.7 cm³/mol. The average Bonchev–Trinajstić information content (AvgIpc) is 2.81. The van der Waals surface area contributed by atoms with Crippen molar-refractivity contribution in [1.82, 2.24) is 9.62 Å². The van der Waals surface area contributed by atoms with E-state index in [1.54, 1.807) is 18.2 Å². The van der Waals surface area contributed by atoms with Crippen LogP contribution in [0.3, 0.4) is 0 Å². The molecule has 1 amide bonds. The number of benzene rings is 1. The number of fused-ring (bicyclic) bond motifs is 1. The maximum atomic E-state index is 12.8. The Morgan fingerprint density at radius 1 is 1.27 bits per heavy atom. The molecule has 8 heteroatoms. The first kappa shape index (κ1) is 19.3. The second kappa shape index (κ2) is 8.47. The molecule has 26 heavy (non-hydrogen) atoms. The number of rotatable bonds is 6. The lowest BCUT2D eigenvalue weighted by atomic mass is 10.1. The number of hydrogen-bond acceptors (Lipinski definition) is 5. The molecule has 2 N–H and O–H groups in total. The molecule has 0 bridgehead atoms. The number of ether oxygens (including phenoxy) is 1. The van der Waals surface area contributed by atoms with Gasteiger partial charge in [0.2, 0.25) is 15.9 Å². The minimum Gasteiger partial charge on any atom is -0.379 e. The van der Waals surface area contributed by atoms with E-state index < -0.39 is 10.0 Å². The van der Waals surface area contributed by atoms with Crippen molar-refractivity contribution in [3.63, 3.8) is 0 Å². The number of nitrogens with one attached hydrogen (secondary N) is 2. The SMILES string of the molecule is CC[C@H](CN1CCOCC1)NS(=O)(=O)c1ccc2c(c1)CCCC(=O)N2. The van der Waals surface area contributed by atoms with Crippen LogP contribution in [0.4, 0.5) is 5.69 Å². The third kappa shape index (κ3) is 4.82. The fourth-order valence-corrected chi connectivity index (χ4v) is 4.71. The zero-order valence-electron chi connectivity index (χ0n) is 15.2. The Hall–Kier alpha value is -1.48. The molecule has 2 aliphatic rings. The summed E-state index contributed by atoms with van der Waals surface area (Å²) < 4.78 is 33.9. The van der Waals surface area contributed by atoms with Crippen LogP contribution in [0.25, 0.3) is 0 Å². The summed E-state index contributed by atoms with van der Waals surface area (Å²) in [6, 6.07) is 4.80. The Balaban J connectivity index is 1.72. The normalized spacial score (nSPS) is 20.1. The van der Waals surface area contributed by atoms with Gasteiger partial charge in [-0.3, -0.25) is 9.69 Å². The van der Waals surface area contributed by atoms with Crippen molar-refractivity contribution in [3.8, 4) is 0 Å². The standard InChI is InChI=1S/C18H27N3O4S/c1-2-15(13-21-8-10-25-11-9-21)20-26(23,24)16-6-7-17-14(12-16)4-3-5-18(22)19-17/h6-7,12,15,20H,2-5,8-11,13H2,1H3,(H,19,22)/t15-/m1/s1. The number of carbonyl (C=O) groups excluding carboxylic acids is 1. The van der Waals surface area contributed by atoms with E-state index in [4.69, 9.17) is 4.74 Å². The second-order valence-electron chi connectivity index (χ2n) is 6.86. The minimum absolute atomic E-state index is 0.0194. The molecule has 0 saturated carbocycles. The third-order valence-electron chi connectivity index (χ3n) is 4.91. The van der Waals surface area contributed by atoms with E-state index in [1.165, 1.54) is 0 Å². The maximum absolute atomic E-state index is 12.8. The van der Waals surface area contributed by atoms with Crippen molar-refractivity contribution < 1.29 is 17.9 Å². The Kier molecular flexibility index (Phi) is 6.29. The zero-order chi connectivity index (χ0) is 18.6. The molecule has 0 aliphatic carbocycles. The number of aryl methyl sites for hydroxylation is 1. The number of anilines is 1. The van der Waals surface area contributed by atoms with Crippen LogP contribution >= 0.6 is 0 Å². The molecule has 1 atom stereocenters. The highest BCUT2D eigenvalue weighted by Crippen LogP contribution is 2.25. The van der Waals surface area contributed by atoms with Crippen molar-refractivity contribution in [2.45, 2.75) is 43.5 Å². The molecule has 2 aliphatic heterocycles. The van der Waals surface area contributed by atoms with Gasteiger partial charge in [-0.1, -0.05) is 6.92 Å². The number of sulfonamides is 1. The summed E-state index contributed by atoms with van der Waals surface area (Å²) in [4.78, 5) is 14.1. The Bertz CT molecular complexity index is 745. The van der Waals surface area contributed by atoms with Crippen molar-refractivity contribution in [1.29, 1.82) is 0 Å². The van der Waals surface area contributed by atoms with E-state index in [0.29, 0.717) is 38.3 Å². The summed E-state index contributed by atoms with van der Waals surface area (Å²) in [6.45, 7) is 5.72. The van der Waals surface area contributed by atoms with Crippen LogP contribution in [0, 0.1) is 0 Å². The zero-order valence-corrected chi connectivity index (χ0v) is 16.0. The molecule has 3 rings (SSSR count). The minimum atomic E-state index is -3.60. The van der Waals surface area contributed by atoms with Crippen molar-refractivity contribution in [2.75, 3.05) is 38.2 Å². The molecule has 1 saturated heterocycles. The van der Waals surface area contributed by atoms with Crippen molar-refractivity contribution in [3.05, 3.63) is 23.8 Å². The lowest BCUT2D eigenvalue weighted by Gasteiger charge is -2.30. The molecule has 0 spiro atoms. The summed E-state index contributed by atoms with van der Waals surface area (Å²) >= 11 is 0. The van der Waals surface area contributed by atoms with Crippen LogP contribution in [0.1, 0.15) is 31.7 Å². The van der Waals surface area contributed by atoms with Gasteiger partial charge in [0.1, 0.15) is 0 Å². The molecule has 1 aromatic carbocycles. The fraction of sp³-hybridized carbons (Fsp3) is 0.611. The third-order valence-corrected chi connectivity index (χ3v) is 6.43. The topological polar surface area (TPSA) is 87.7 Å². The van der Waals surface area contributed by atoms with Crippen LogP contribution in [0.5, 0.6) is 0 Å². The lowest BCUT2D eigenvalue weighted by molar-refractivity contribution is -0.116. The highest BCUT2D eigenvalue weighted by molar-refractivity contribution is 7.89. The van der Waals surface area contributed by atoms with Crippen LogP contribution in [0.15, 0.2) is 23.1 Å². The number of carbonyl (C=O) groups is 1. The predicted octanol–water partition coefficient (Wildman–Crippen LogP) is 1.35. The Labute approximate surface area is 155 Å². The van der Waals surface area contributed by atoms with Crippen LogP contribution < -0.4 is 10.0 Å². The summed E-state index contributed by atoms with van der Waals surface area (Å²) in [5.74, 6) is -0.0194. The van der Waals surface area contributed by atoms with Crippen molar-refractivity contribution >= 4 is 21.6 Å². The molecule has 0 aromatic heterocycles. The molecule has 2 heterocycles. The number of amides is 1. The molecular formula is C18H27N3O4S. The first-order valence-electron chi connectivity index (χ1n) is 9.23. The van der Waals surface area contributed by atoms with E-state index in [9.17, 15) is 13.2 Å². The summed E-state index contributed by atoms with van der Waals surface area (Å²) in [5, 5.41) is 2.83. The number of morpholine rings is 1. The van der Waals surface area contributed by atoms with E-state index >= 15 is 0 Å². The summed E-state index contributed by atoms with van der Waals surface area (Å²) in [7, 11) is -3.60. The number of hydrogen-bond donors (Lipinski definition) is 2. The Morgan fingerprint density at radius 3 is 2.77 bits per heavy atom. The molecule has 1 aromatic rings. The maximum Gasteiger partial charge on any atom is 0.240 e. The average molecular weight is 381 g/mol. The lowest BCUT2D eigenvalue weighted by Crippen LogP contribution is -2.47. The van der Waals surface area contributed by atoms with E-state index in [1.807, 2.05) is 6.92 Å². The highest BCUT2D eigenvalue weighted by Gasteiger charge is 2.23. The molecule has 0 radical (unpaired) electrons. The van der Waals surface area contributed by atoms with Gasteiger partial charge in [0, 0.05) is 37.8 Å². The fourth-order valence-electron chi connectivity index (χ4n) is 3.35. The smallest absolute Gasteiger partial charge is 0.240 e. The van der Waals surface area contributed by atoms with Gasteiger partial charge >= 0.3 is 0 Å². The van der Waals surface area contributed by atoms with E-state index in [0.717, 1.165) is 31.5 Å². The van der Waals surface area contributed by atoms with Gasteiger partial charge in [0.05, 0.1) is 18.1 Å². The summed E-state index contributed by atoms with van der Waals surface area (Å²) in [5.41, 5.74) is 1.59. The van der Waals surface area contributed by atoms with Gasteiger partial charge in [-0.05, 0) is 43.0 Å². The molecular weight excluding hydrogens is 354 g/mol. The molecule has 144 valence electrons. The Morgan fingerprint density at radius 2 is 2.04 bits per heavy atom. The first-order valence-corrected chi connectivity index (χ1v) is 10.7. The quantitative estimate of drug-likeness (QED) is 0.777. The molecule has 7 nitrogen and oxygen atoms in total. The van der Waals surface area contributed by atoms with Gasteiger partial charge in [-0.2, -0.15) is 0 Å². The van der Waals surface area contributed by atoms with Gasteiger partial charge < -0.3 is 10.1 Å². The van der Waals surface area contributed by atoms with E-state index in [-0.39, 0.29) is 16.8 Å². The molecule has 1 fully saturated rings. The van der Waals surface area contributed by atoms with Gasteiger partial charge in [-0.25, -0.2) is 13.1 Å². The van der Waals surface area contributed by atoms with Crippen molar-refractivity contribution in [2.24, 2.45) is 0 Å². The van der Waals surface area contributed by atoms with E-state index in [2.05, 4.69) is 14.9 Å². The monoisotopic (exact) mass is 381 g/mol. The second-order valence-corrected chi connectivity index (χ2v) is 8.57. The first-order chi connectivity index (χ1) is 12.5. The van der Waals surface area contributed by atoms with Crippen LogP contribution in [-0.4, -0.2) is 58.1 Å².